The standard InChI is InChI=1S/C24H32F6N2O3S/c1-36(34,35)31-22(9-2-3-10-22)16-32-11-7-17(8-12-32)5-4-6-21(33)18-13-19(23(25,26)27)15-20(14-18)24(28,29)30/h13-15,17,31H,2-12,16H2,1H3. The van der Waals surface area contributed by atoms with Crippen LogP contribution < -0.4 is 4.72 Å². The maximum Gasteiger partial charge on any atom is 0.416 e. The Labute approximate surface area is 207 Å². The van der Waals surface area contributed by atoms with Crippen LogP contribution in [0.3, 0.4) is 0 Å². The van der Waals surface area contributed by atoms with Gasteiger partial charge in [0.15, 0.2) is 5.78 Å². The Balaban J connectivity index is 1.51. The molecule has 0 amide bonds. The molecule has 1 aliphatic heterocycles. The maximum atomic E-state index is 13.0. The normalized spacial score (nSPS) is 20.1. The summed E-state index contributed by atoms with van der Waals surface area (Å²) in [6, 6.07) is 0.991. The summed E-state index contributed by atoms with van der Waals surface area (Å²) >= 11 is 0. The molecule has 1 saturated heterocycles. The molecule has 2 fully saturated rings. The van der Waals surface area contributed by atoms with Crippen LogP contribution in [0.5, 0.6) is 0 Å². The van der Waals surface area contributed by atoms with E-state index in [1.165, 1.54) is 6.26 Å². The SMILES string of the molecule is CS(=O)(=O)NC1(CN2CCC(CCCC(=O)c3cc(C(F)(F)F)cc(C(F)(F)F)c3)CC2)CCCC1. The number of carbonyl (C=O) groups is 1. The molecule has 1 saturated carbocycles. The van der Waals surface area contributed by atoms with E-state index in [0.717, 1.165) is 51.6 Å². The van der Waals surface area contributed by atoms with Gasteiger partial charge >= 0.3 is 12.4 Å². The highest BCUT2D eigenvalue weighted by atomic mass is 32.2. The fourth-order valence-corrected chi connectivity index (χ4v) is 6.47. The first kappa shape index (κ1) is 28.9. The number of nitrogens with zero attached hydrogens (tertiary/aromatic N) is 1. The van der Waals surface area contributed by atoms with Crippen molar-refractivity contribution in [3.05, 3.63) is 34.9 Å². The average Bonchev–Trinajstić information content (AvgIpc) is 3.19. The number of alkyl halides is 6. The van der Waals surface area contributed by atoms with Crippen LogP contribution in [0.1, 0.15) is 79.3 Å². The molecule has 12 heteroatoms. The summed E-state index contributed by atoms with van der Waals surface area (Å²) in [7, 11) is -3.33. The number of piperidine rings is 1. The maximum absolute atomic E-state index is 13.0. The van der Waals surface area contributed by atoms with Crippen molar-refractivity contribution in [2.75, 3.05) is 25.9 Å². The molecule has 204 valence electrons. The monoisotopic (exact) mass is 542 g/mol. The van der Waals surface area contributed by atoms with Crippen LogP contribution in [0.2, 0.25) is 0 Å². The van der Waals surface area contributed by atoms with Crippen LogP contribution in [-0.2, 0) is 22.4 Å². The second-order valence-corrected chi connectivity index (χ2v) is 11.9. The fraction of sp³-hybridized carbons (Fsp3) is 0.708. The number of hydrogen-bond acceptors (Lipinski definition) is 4. The van der Waals surface area contributed by atoms with Gasteiger partial charge in [0.1, 0.15) is 0 Å². The third-order valence-electron chi connectivity index (χ3n) is 7.12. The van der Waals surface area contributed by atoms with Crippen molar-refractivity contribution in [1.29, 1.82) is 0 Å². The van der Waals surface area contributed by atoms with E-state index in [-0.39, 0.29) is 12.5 Å². The van der Waals surface area contributed by atoms with Crippen molar-refractivity contribution in [2.45, 2.75) is 75.7 Å². The zero-order valence-electron chi connectivity index (χ0n) is 20.1. The van der Waals surface area contributed by atoms with E-state index in [4.69, 9.17) is 0 Å². The van der Waals surface area contributed by atoms with E-state index in [9.17, 15) is 39.6 Å². The molecule has 5 nitrogen and oxygen atoms in total. The van der Waals surface area contributed by atoms with Crippen molar-refractivity contribution >= 4 is 15.8 Å². The van der Waals surface area contributed by atoms with E-state index in [2.05, 4.69) is 9.62 Å². The van der Waals surface area contributed by atoms with Gasteiger partial charge in [0.25, 0.3) is 0 Å². The van der Waals surface area contributed by atoms with E-state index < -0.39 is 50.4 Å². The summed E-state index contributed by atoms with van der Waals surface area (Å²) in [5.74, 6) is -0.442. The second kappa shape index (κ2) is 11.0. The molecule has 0 aromatic heterocycles. The highest BCUT2D eigenvalue weighted by Crippen LogP contribution is 2.37. The van der Waals surface area contributed by atoms with Crippen LogP contribution in [-0.4, -0.2) is 50.5 Å². The predicted molar refractivity (Wildman–Crippen MR) is 123 cm³/mol. The van der Waals surface area contributed by atoms with Gasteiger partial charge in [-0.25, -0.2) is 13.1 Å². The van der Waals surface area contributed by atoms with Crippen molar-refractivity contribution < 1.29 is 39.6 Å². The number of ketones is 1. The smallest absolute Gasteiger partial charge is 0.301 e. The summed E-state index contributed by atoms with van der Waals surface area (Å²) < 4.78 is 105. The first-order valence-electron chi connectivity index (χ1n) is 12.1. The number of likely N-dealkylation sites (tertiary alicyclic amines) is 1. The van der Waals surface area contributed by atoms with Crippen molar-refractivity contribution in [2.24, 2.45) is 5.92 Å². The van der Waals surface area contributed by atoms with Crippen LogP contribution >= 0.6 is 0 Å². The highest BCUT2D eigenvalue weighted by molar-refractivity contribution is 7.88. The lowest BCUT2D eigenvalue weighted by Crippen LogP contribution is -2.54. The van der Waals surface area contributed by atoms with Gasteiger partial charge in [-0.2, -0.15) is 26.3 Å². The molecular formula is C24H32F6N2O3S. The van der Waals surface area contributed by atoms with Gasteiger partial charge in [0.2, 0.25) is 10.0 Å². The lowest BCUT2D eigenvalue weighted by Gasteiger charge is -2.39. The molecule has 0 bridgehead atoms. The fourth-order valence-electron chi connectivity index (χ4n) is 5.41. The number of sulfonamides is 1. The summed E-state index contributed by atoms with van der Waals surface area (Å²) in [5, 5.41) is 0. The van der Waals surface area contributed by atoms with Gasteiger partial charge in [-0.15, -0.1) is 0 Å². The van der Waals surface area contributed by atoms with Crippen molar-refractivity contribution in [1.82, 2.24) is 9.62 Å². The number of rotatable bonds is 9. The van der Waals surface area contributed by atoms with Gasteiger partial charge < -0.3 is 4.90 Å². The third-order valence-corrected chi connectivity index (χ3v) is 7.93. The average molecular weight is 543 g/mol. The Hall–Kier alpha value is -1.66. The minimum absolute atomic E-state index is 0.0196. The van der Waals surface area contributed by atoms with E-state index in [0.29, 0.717) is 37.4 Å². The minimum atomic E-state index is -4.99. The molecule has 0 unspecified atom stereocenters. The lowest BCUT2D eigenvalue weighted by molar-refractivity contribution is -0.143. The molecule has 0 spiro atoms. The first-order valence-corrected chi connectivity index (χ1v) is 14.0. The Morgan fingerprint density at radius 2 is 1.53 bits per heavy atom. The molecule has 1 aromatic rings. The predicted octanol–water partition coefficient (Wildman–Crippen LogP) is 5.65. The van der Waals surface area contributed by atoms with E-state index in [1.54, 1.807) is 0 Å². The first-order chi connectivity index (χ1) is 16.6. The lowest BCUT2D eigenvalue weighted by atomic mass is 9.89. The zero-order valence-corrected chi connectivity index (χ0v) is 21.0. The van der Waals surface area contributed by atoms with Crippen LogP contribution in [0.15, 0.2) is 18.2 Å². The number of carbonyl (C=O) groups excluding carboxylic acids is 1. The molecule has 1 aromatic carbocycles. The minimum Gasteiger partial charge on any atom is -0.301 e. The van der Waals surface area contributed by atoms with Crippen LogP contribution in [0.4, 0.5) is 26.3 Å². The number of benzene rings is 1. The van der Waals surface area contributed by atoms with Crippen molar-refractivity contribution in [3.8, 4) is 0 Å². The van der Waals surface area contributed by atoms with Crippen molar-refractivity contribution in [3.63, 3.8) is 0 Å². The molecule has 0 atom stereocenters. The molecule has 36 heavy (non-hydrogen) atoms. The summed E-state index contributed by atoms with van der Waals surface area (Å²) in [5.41, 5.74) is -3.99. The number of halogens is 6. The Kier molecular flexibility index (Phi) is 8.82. The molecular weight excluding hydrogens is 510 g/mol. The van der Waals surface area contributed by atoms with Gasteiger partial charge in [-0.3, -0.25) is 4.79 Å². The van der Waals surface area contributed by atoms with Gasteiger partial charge in [-0.05, 0) is 75.7 Å². The van der Waals surface area contributed by atoms with E-state index in [1.807, 2.05) is 0 Å². The topological polar surface area (TPSA) is 66.5 Å². The largest absolute Gasteiger partial charge is 0.416 e. The van der Waals surface area contributed by atoms with Gasteiger partial charge in [0, 0.05) is 24.1 Å². The Bertz CT molecular complexity index is 993. The summed E-state index contributed by atoms with van der Waals surface area (Å²) in [4.78, 5) is 14.7. The highest BCUT2D eigenvalue weighted by Gasteiger charge is 2.39. The third kappa shape index (κ3) is 8.17. The quantitative estimate of drug-likeness (QED) is 0.324. The van der Waals surface area contributed by atoms with Crippen LogP contribution in [0.25, 0.3) is 0 Å². The van der Waals surface area contributed by atoms with Gasteiger partial charge in [-0.1, -0.05) is 12.8 Å². The molecule has 3 rings (SSSR count). The summed E-state index contributed by atoms with van der Waals surface area (Å²) in [6.07, 6.45) is -2.68. The molecule has 1 heterocycles. The Morgan fingerprint density at radius 1 is 1.00 bits per heavy atom. The number of hydrogen-bond donors (Lipinski definition) is 1. The molecule has 1 aliphatic carbocycles. The zero-order chi connectivity index (χ0) is 26.8. The van der Waals surface area contributed by atoms with Gasteiger partial charge in [0.05, 0.1) is 17.4 Å². The Morgan fingerprint density at radius 3 is 2.00 bits per heavy atom. The summed E-state index contributed by atoms with van der Waals surface area (Å²) in [6.45, 7) is 2.19. The second-order valence-electron chi connectivity index (χ2n) is 10.2. The molecule has 0 radical (unpaired) electrons. The molecule has 1 N–H and O–H groups in total. The van der Waals surface area contributed by atoms with Crippen LogP contribution in [0, 0.1) is 5.92 Å². The number of nitrogens with one attached hydrogen (secondary N) is 1. The number of Topliss-reactive ketones (excluding diaryl/α,β-unsaturated/α-hetero) is 1. The van der Waals surface area contributed by atoms with E-state index >= 15 is 0 Å². The molecule has 2 aliphatic rings.